The maximum atomic E-state index is 14.1. The van der Waals surface area contributed by atoms with Crippen molar-refractivity contribution in [3.05, 3.63) is 41.8 Å². The fourth-order valence-corrected chi connectivity index (χ4v) is 1.80. The van der Waals surface area contributed by atoms with E-state index in [-0.39, 0.29) is 22.7 Å². The van der Waals surface area contributed by atoms with E-state index in [4.69, 9.17) is 10.5 Å². The predicted molar refractivity (Wildman–Crippen MR) is 65.6 cm³/mol. The van der Waals surface area contributed by atoms with Crippen LogP contribution in [-0.4, -0.2) is 12.1 Å². The van der Waals surface area contributed by atoms with Crippen LogP contribution in [-0.2, 0) is 6.18 Å². The number of alkyl halides is 3. The molecule has 0 saturated carbocycles. The van der Waals surface area contributed by atoms with Gasteiger partial charge in [-0.2, -0.15) is 13.2 Å². The standard InChI is InChI=1S/C13H10F4N2O/c1-20-10-4-2-3-7(12(10)14)8-6-19-11(18)5-9(8)13(15,16)17/h2-6H,1H3,(H2,18,19). The zero-order valence-corrected chi connectivity index (χ0v) is 10.3. The Bertz CT molecular complexity index is 641. The van der Waals surface area contributed by atoms with E-state index in [1.807, 2.05) is 0 Å². The minimum absolute atomic E-state index is 0.146. The third-order valence-electron chi connectivity index (χ3n) is 2.70. The zero-order valence-electron chi connectivity index (χ0n) is 10.3. The van der Waals surface area contributed by atoms with Crippen molar-refractivity contribution in [1.82, 2.24) is 4.98 Å². The Labute approximate surface area is 112 Å². The lowest BCUT2D eigenvalue weighted by atomic mass is 10.0. The van der Waals surface area contributed by atoms with Gasteiger partial charge in [-0.3, -0.25) is 0 Å². The van der Waals surface area contributed by atoms with Crippen LogP contribution in [0.25, 0.3) is 11.1 Å². The second-order valence-corrected chi connectivity index (χ2v) is 3.97. The Balaban J connectivity index is 2.70. The van der Waals surface area contributed by atoms with Gasteiger partial charge in [0.25, 0.3) is 0 Å². The fourth-order valence-electron chi connectivity index (χ4n) is 1.80. The van der Waals surface area contributed by atoms with Gasteiger partial charge in [-0.25, -0.2) is 9.37 Å². The molecule has 0 spiro atoms. The van der Waals surface area contributed by atoms with Crippen molar-refractivity contribution in [3.63, 3.8) is 0 Å². The molecule has 1 heterocycles. The van der Waals surface area contributed by atoms with Crippen LogP contribution in [0.15, 0.2) is 30.5 Å². The zero-order chi connectivity index (χ0) is 14.9. The summed E-state index contributed by atoms with van der Waals surface area (Å²) in [6.45, 7) is 0. The van der Waals surface area contributed by atoms with E-state index in [0.717, 1.165) is 6.20 Å². The monoisotopic (exact) mass is 286 g/mol. The number of aromatic nitrogens is 1. The smallest absolute Gasteiger partial charge is 0.417 e. The van der Waals surface area contributed by atoms with Gasteiger partial charge in [-0.15, -0.1) is 0 Å². The second kappa shape index (κ2) is 4.99. The van der Waals surface area contributed by atoms with E-state index >= 15 is 0 Å². The number of nitrogens with two attached hydrogens (primary N) is 1. The van der Waals surface area contributed by atoms with Gasteiger partial charge < -0.3 is 10.5 Å². The lowest BCUT2D eigenvalue weighted by Crippen LogP contribution is -2.09. The molecule has 20 heavy (non-hydrogen) atoms. The largest absolute Gasteiger partial charge is 0.494 e. The number of hydrogen-bond donors (Lipinski definition) is 1. The molecule has 0 saturated heterocycles. The lowest BCUT2D eigenvalue weighted by molar-refractivity contribution is -0.137. The van der Waals surface area contributed by atoms with Gasteiger partial charge >= 0.3 is 6.18 Å². The van der Waals surface area contributed by atoms with Crippen LogP contribution in [0.4, 0.5) is 23.4 Å². The maximum absolute atomic E-state index is 14.1. The van der Waals surface area contributed by atoms with Gasteiger partial charge in [0.05, 0.1) is 12.7 Å². The first-order valence-electron chi connectivity index (χ1n) is 5.50. The maximum Gasteiger partial charge on any atom is 0.417 e. The molecule has 7 heteroatoms. The van der Waals surface area contributed by atoms with Crippen molar-refractivity contribution < 1.29 is 22.3 Å². The molecular formula is C13H10F4N2O. The van der Waals surface area contributed by atoms with Crippen LogP contribution < -0.4 is 10.5 Å². The number of halogens is 4. The average molecular weight is 286 g/mol. The Kier molecular flexibility index (Phi) is 3.52. The van der Waals surface area contributed by atoms with Crippen molar-refractivity contribution >= 4 is 5.82 Å². The van der Waals surface area contributed by atoms with Crippen molar-refractivity contribution in [2.24, 2.45) is 0 Å². The summed E-state index contributed by atoms with van der Waals surface area (Å²) in [6.07, 6.45) is -3.77. The molecule has 0 aliphatic rings. The Morgan fingerprint density at radius 2 is 1.90 bits per heavy atom. The van der Waals surface area contributed by atoms with Gasteiger partial charge in [-0.05, 0) is 12.1 Å². The molecule has 0 aliphatic heterocycles. The third-order valence-corrected chi connectivity index (χ3v) is 2.70. The van der Waals surface area contributed by atoms with Crippen LogP contribution >= 0.6 is 0 Å². The van der Waals surface area contributed by atoms with Crippen LogP contribution in [0.5, 0.6) is 5.75 Å². The van der Waals surface area contributed by atoms with Crippen LogP contribution in [0, 0.1) is 5.82 Å². The summed E-state index contributed by atoms with van der Waals surface area (Å²) in [5.41, 5.74) is 3.59. The summed E-state index contributed by atoms with van der Waals surface area (Å²) in [5, 5.41) is 0. The van der Waals surface area contributed by atoms with Gasteiger partial charge in [0.2, 0.25) is 0 Å². The first-order chi connectivity index (χ1) is 9.34. The van der Waals surface area contributed by atoms with E-state index in [1.165, 1.54) is 25.3 Å². The highest BCUT2D eigenvalue weighted by Crippen LogP contribution is 2.39. The molecule has 0 aliphatic carbocycles. The highest BCUT2D eigenvalue weighted by molar-refractivity contribution is 5.70. The van der Waals surface area contributed by atoms with Crippen molar-refractivity contribution in [2.45, 2.75) is 6.18 Å². The molecule has 0 bridgehead atoms. The molecule has 106 valence electrons. The quantitative estimate of drug-likeness (QED) is 0.860. The Morgan fingerprint density at radius 3 is 2.50 bits per heavy atom. The fraction of sp³-hybridized carbons (Fsp3) is 0.154. The summed E-state index contributed by atoms with van der Waals surface area (Å²) >= 11 is 0. The summed E-state index contributed by atoms with van der Waals surface area (Å²) in [6, 6.07) is 4.61. The molecule has 2 aromatic rings. The van der Waals surface area contributed by atoms with Gasteiger partial charge in [0, 0.05) is 17.3 Å². The molecule has 2 rings (SSSR count). The van der Waals surface area contributed by atoms with E-state index < -0.39 is 17.6 Å². The van der Waals surface area contributed by atoms with Gasteiger partial charge in [-0.1, -0.05) is 12.1 Å². The van der Waals surface area contributed by atoms with Gasteiger partial charge in [0.1, 0.15) is 5.82 Å². The number of nitrogens with zero attached hydrogens (tertiary/aromatic N) is 1. The molecule has 1 aromatic carbocycles. The highest BCUT2D eigenvalue weighted by atomic mass is 19.4. The van der Waals surface area contributed by atoms with E-state index in [1.54, 1.807) is 0 Å². The minimum atomic E-state index is -4.66. The molecule has 0 amide bonds. The first kappa shape index (κ1) is 14.1. The molecule has 1 aromatic heterocycles. The van der Waals surface area contributed by atoms with E-state index in [9.17, 15) is 17.6 Å². The highest BCUT2D eigenvalue weighted by Gasteiger charge is 2.35. The number of benzene rings is 1. The number of ether oxygens (including phenoxy) is 1. The third kappa shape index (κ3) is 2.52. The number of pyridine rings is 1. The summed E-state index contributed by atoms with van der Waals surface area (Å²) < 4.78 is 57.8. The van der Waals surface area contributed by atoms with Crippen LogP contribution in [0.3, 0.4) is 0 Å². The first-order valence-corrected chi connectivity index (χ1v) is 5.50. The lowest BCUT2D eigenvalue weighted by Gasteiger charge is -2.14. The average Bonchev–Trinajstić information content (AvgIpc) is 2.38. The number of anilines is 1. The number of methoxy groups -OCH3 is 1. The number of hydrogen-bond acceptors (Lipinski definition) is 3. The van der Waals surface area contributed by atoms with E-state index in [2.05, 4.69) is 4.98 Å². The minimum Gasteiger partial charge on any atom is -0.494 e. The molecule has 0 fully saturated rings. The normalized spacial score (nSPS) is 11.4. The SMILES string of the molecule is COc1cccc(-c2cnc(N)cc2C(F)(F)F)c1F. The summed E-state index contributed by atoms with van der Waals surface area (Å²) in [5.74, 6) is -1.32. The van der Waals surface area contributed by atoms with Crippen molar-refractivity contribution in [3.8, 4) is 16.9 Å². The second-order valence-electron chi connectivity index (χ2n) is 3.97. The number of nitrogen functional groups attached to an aromatic ring is 1. The van der Waals surface area contributed by atoms with Gasteiger partial charge in [0.15, 0.2) is 11.6 Å². The van der Waals surface area contributed by atoms with E-state index in [0.29, 0.717) is 6.07 Å². The van der Waals surface area contributed by atoms with Crippen molar-refractivity contribution in [1.29, 1.82) is 0 Å². The number of rotatable bonds is 2. The Morgan fingerprint density at radius 1 is 1.20 bits per heavy atom. The molecule has 0 atom stereocenters. The van der Waals surface area contributed by atoms with Crippen LogP contribution in [0.2, 0.25) is 0 Å². The molecule has 3 nitrogen and oxygen atoms in total. The molecule has 2 N–H and O–H groups in total. The van der Waals surface area contributed by atoms with Crippen LogP contribution in [0.1, 0.15) is 5.56 Å². The Hall–Kier alpha value is -2.31. The topological polar surface area (TPSA) is 48.1 Å². The van der Waals surface area contributed by atoms with Crippen molar-refractivity contribution in [2.75, 3.05) is 12.8 Å². The predicted octanol–water partition coefficient (Wildman–Crippen LogP) is 3.50. The molecule has 0 radical (unpaired) electrons. The summed E-state index contributed by atoms with van der Waals surface area (Å²) in [7, 11) is 1.23. The molecule has 0 unspecified atom stereocenters. The summed E-state index contributed by atoms with van der Waals surface area (Å²) in [4.78, 5) is 3.60. The molecular weight excluding hydrogens is 276 g/mol.